The van der Waals surface area contributed by atoms with Gasteiger partial charge < -0.3 is 15.2 Å². The SMILES string of the molecule is CC(C)Cn1cc(C(=O)N[C@@H](C)c2cccc(F)c2)c2cc(C3CCC4C(C3)NNC4NC(=O)C3CC3)ccc21. The molecule has 2 amide bonds. The van der Waals surface area contributed by atoms with Crippen LogP contribution in [0.5, 0.6) is 0 Å². The Hall–Kier alpha value is -3.23. The lowest BCUT2D eigenvalue weighted by atomic mass is 9.75. The molecule has 212 valence electrons. The van der Waals surface area contributed by atoms with Crippen LogP contribution in [0.4, 0.5) is 4.39 Å². The minimum atomic E-state index is -0.320. The molecule has 2 saturated carbocycles. The van der Waals surface area contributed by atoms with Gasteiger partial charge in [0.05, 0.1) is 17.8 Å². The van der Waals surface area contributed by atoms with E-state index < -0.39 is 0 Å². The fourth-order valence-electron chi connectivity index (χ4n) is 6.55. The minimum absolute atomic E-state index is 0.0121. The highest BCUT2D eigenvalue weighted by Crippen LogP contribution is 2.40. The molecule has 0 bridgehead atoms. The summed E-state index contributed by atoms with van der Waals surface area (Å²) < 4.78 is 16.0. The molecular weight excluding hydrogens is 505 g/mol. The number of nitrogens with one attached hydrogen (secondary N) is 4. The fourth-order valence-corrected chi connectivity index (χ4v) is 6.55. The molecular formula is C32H40FN5O2. The van der Waals surface area contributed by atoms with Crippen molar-refractivity contribution in [3.8, 4) is 0 Å². The van der Waals surface area contributed by atoms with Crippen molar-refractivity contribution in [3.05, 3.63) is 71.2 Å². The lowest BCUT2D eigenvalue weighted by Gasteiger charge is -2.33. The van der Waals surface area contributed by atoms with Crippen molar-refractivity contribution < 1.29 is 14.0 Å². The Morgan fingerprint density at radius 3 is 2.62 bits per heavy atom. The third-order valence-electron chi connectivity index (χ3n) is 8.88. The summed E-state index contributed by atoms with van der Waals surface area (Å²) >= 11 is 0. The van der Waals surface area contributed by atoms with E-state index in [2.05, 4.69) is 58.1 Å². The molecule has 4 N–H and O–H groups in total. The molecule has 6 rings (SSSR count). The largest absolute Gasteiger partial charge is 0.346 e. The molecule has 4 unspecified atom stereocenters. The maximum absolute atomic E-state index is 13.8. The molecule has 1 aliphatic heterocycles. The Labute approximate surface area is 235 Å². The van der Waals surface area contributed by atoms with Gasteiger partial charge in [0.1, 0.15) is 5.82 Å². The second kappa shape index (κ2) is 11.0. The third-order valence-corrected chi connectivity index (χ3v) is 8.88. The average Bonchev–Trinajstić information content (AvgIpc) is 3.63. The number of rotatable bonds is 8. The van der Waals surface area contributed by atoms with E-state index in [-0.39, 0.29) is 35.8 Å². The Balaban J connectivity index is 1.22. The summed E-state index contributed by atoms with van der Waals surface area (Å²) in [7, 11) is 0. The molecule has 3 aliphatic rings. The number of carbonyl (C=O) groups excluding carboxylic acids is 2. The van der Waals surface area contributed by atoms with Crippen LogP contribution in [0.2, 0.25) is 0 Å². The van der Waals surface area contributed by atoms with Gasteiger partial charge in [-0.15, -0.1) is 0 Å². The monoisotopic (exact) mass is 545 g/mol. The van der Waals surface area contributed by atoms with Crippen molar-refractivity contribution in [2.45, 2.75) is 83.6 Å². The first-order valence-corrected chi connectivity index (χ1v) is 14.8. The smallest absolute Gasteiger partial charge is 0.253 e. The number of benzene rings is 2. The molecule has 0 radical (unpaired) electrons. The molecule has 40 heavy (non-hydrogen) atoms. The number of hydrogen-bond acceptors (Lipinski definition) is 4. The molecule has 1 saturated heterocycles. The molecule has 2 aromatic carbocycles. The predicted octanol–water partition coefficient (Wildman–Crippen LogP) is 5.14. The van der Waals surface area contributed by atoms with Gasteiger partial charge in [0, 0.05) is 41.5 Å². The molecule has 2 heterocycles. The summed E-state index contributed by atoms with van der Waals surface area (Å²) in [6.07, 6.45) is 7.01. The third kappa shape index (κ3) is 5.52. The van der Waals surface area contributed by atoms with E-state index in [9.17, 15) is 14.0 Å². The van der Waals surface area contributed by atoms with Crippen LogP contribution in [0.15, 0.2) is 48.7 Å². The van der Waals surface area contributed by atoms with Gasteiger partial charge in [0.2, 0.25) is 5.91 Å². The molecule has 7 nitrogen and oxygen atoms in total. The maximum atomic E-state index is 13.8. The van der Waals surface area contributed by atoms with Crippen LogP contribution in [-0.4, -0.2) is 28.6 Å². The number of hydrazine groups is 1. The van der Waals surface area contributed by atoms with E-state index >= 15 is 0 Å². The van der Waals surface area contributed by atoms with E-state index in [1.54, 1.807) is 6.07 Å². The van der Waals surface area contributed by atoms with Gasteiger partial charge in [-0.2, -0.15) is 0 Å². The zero-order chi connectivity index (χ0) is 28.0. The van der Waals surface area contributed by atoms with Gasteiger partial charge in [-0.05, 0) is 86.3 Å². The molecule has 1 aromatic heterocycles. The topological polar surface area (TPSA) is 87.2 Å². The summed E-state index contributed by atoms with van der Waals surface area (Å²) in [5.74, 6) is 1.10. The number of halogens is 1. The quantitative estimate of drug-likeness (QED) is 0.316. The number of fused-ring (bicyclic) bond motifs is 2. The highest BCUT2D eigenvalue weighted by atomic mass is 19.1. The first-order chi connectivity index (χ1) is 19.3. The predicted molar refractivity (Wildman–Crippen MR) is 154 cm³/mol. The van der Waals surface area contributed by atoms with Gasteiger partial charge in [-0.3, -0.25) is 15.0 Å². The van der Waals surface area contributed by atoms with Crippen molar-refractivity contribution in [2.75, 3.05) is 0 Å². The number of amides is 2. The summed E-state index contributed by atoms with van der Waals surface area (Å²) in [4.78, 5) is 25.9. The van der Waals surface area contributed by atoms with Gasteiger partial charge in [0.15, 0.2) is 0 Å². The first-order valence-electron chi connectivity index (χ1n) is 14.8. The maximum Gasteiger partial charge on any atom is 0.253 e. The number of aromatic nitrogens is 1. The van der Waals surface area contributed by atoms with Gasteiger partial charge in [-0.1, -0.05) is 32.0 Å². The van der Waals surface area contributed by atoms with Crippen molar-refractivity contribution >= 4 is 22.7 Å². The van der Waals surface area contributed by atoms with Crippen LogP contribution >= 0.6 is 0 Å². The molecule has 2 aliphatic carbocycles. The Bertz CT molecular complexity index is 1410. The van der Waals surface area contributed by atoms with Gasteiger partial charge in [-0.25, -0.2) is 9.82 Å². The van der Waals surface area contributed by atoms with Crippen LogP contribution in [0, 0.1) is 23.6 Å². The second-order valence-corrected chi connectivity index (χ2v) is 12.4. The summed E-state index contributed by atoms with van der Waals surface area (Å²) in [6.45, 7) is 7.05. The van der Waals surface area contributed by atoms with Gasteiger partial charge >= 0.3 is 0 Å². The number of nitrogens with zero attached hydrogens (tertiary/aromatic N) is 1. The molecule has 0 spiro atoms. The van der Waals surface area contributed by atoms with Crippen LogP contribution < -0.4 is 21.5 Å². The summed E-state index contributed by atoms with van der Waals surface area (Å²) in [5.41, 5.74) is 10.5. The lowest BCUT2D eigenvalue weighted by Crippen LogP contribution is -2.47. The summed E-state index contributed by atoms with van der Waals surface area (Å²) in [5, 5.41) is 7.25. The van der Waals surface area contributed by atoms with Gasteiger partial charge in [0.25, 0.3) is 5.91 Å². The van der Waals surface area contributed by atoms with E-state index in [0.29, 0.717) is 29.4 Å². The van der Waals surface area contributed by atoms with Crippen molar-refractivity contribution in [1.82, 2.24) is 26.1 Å². The normalized spacial score (nSPS) is 25.1. The van der Waals surface area contributed by atoms with Crippen molar-refractivity contribution in [2.24, 2.45) is 17.8 Å². The average molecular weight is 546 g/mol. The van der Waals surface area contributed by atoms with Crippen molar-refractivity contribution in [1.29, 1.82) is 0 Å². The second-order valence-electron chi connectivity index (χ2n) is 12.4. The standard InChI is InChI=1S/C32H40FN5O2/c1-18(2)16-38-17-27(32(40)34-19(3)21-5-4-6-24(33)13-21)26-14-22(10-12-29(26)38)23-9-11-25-28(15-23)36-37-30(25)35-31(39)20-7-8-20/h4-6,10,12-14,17-20,23,25,28,30,36-37H,7-9,11,15-16H2,1-3H3,(H,34,40)(H,35,39)/t19-,23?,25?,28?,30?/m0/s1. The molecule has 8 heteroatoms. The summed E-state index contributed by atoms with van der Waals surface area (Å²) in [6, 6.07) is 12.9. The minimum Gasteiger partial charge on any atom is -0.346 e. The Morgan fingerprint density at radius 2 is 1.88 bits per heavy atom. The van der Waals surface area contributed by atoms with Crippen LogP contribution in [-0.2, 0) is 11.3 Å². The highest BCUT2D eigenvalue weighted by Gasteiger charge is 2.42. The van der Waals surface area contributed by atoms with E-state index in [0.717, 1.165) is 55.1 Å². The number of carbonyl (C=O) groups is 2. The fraction of sp³-hybridized carbons (Fsp3) is 0.500. The van der Waals surface area contributed by atoms with E-state index in [1.165, 1.54) is 17.7 Å². The van der Waals surface area contributed by atoms with Crippen LogP contribution in [0.25, 0.3) is 10.9 Å². The Kier molecular flexibility index (Phi) is 7.40. The Morgan fingerprint density at radius 1 is 1.05 bits per heavy atom. The zero-order valence-corrected chi connectivity index (χ0v) is 23.5. The van der Waals surface area contributed by atoms with Crippen LogP contribution in [0.1, 0.15) is 86.3 Å². The van der Waals surface area contributed by atoms with Crippen molar-refractivity contribution in [3.63, 3.8) is 0 Å². The lowest BCUT2D eigenvalue weighted by molar-refractivity contribution is -0.123. The van der Waals surface area contributed by atoms with E-state index in [1.807, 2.05) is 19.2 Å². The molecule has 5 atom stereocenters. The van der Waals surface area contributed by atoms with Crippen LogP contribution in [0.3, 0.4) is 0 Å². The zero-order valence-electron chi connectivity index (χ0n) is 23.5. The number of hydrogen-bond donors (Lipinski definition) is 4. The van der Waals surface area contributed by atoms with E-state index in [4.69, 9.17) is 0 Å². The molecule has 3 fully saturated rings. The first kappa shape index (κ1) is 27.0. The molecule has 3 aromatic rings. The highest BCUT2D eigenvalue weighted by molar-refractivity contribution is 6.07.